The number of halogens is 1. The maximum Gasteiger partial charge on any atom is 0.214 e. The molecule has 2 rings (SSSR count). The van der Waals surface area contributed by atoms with Crippen molar-refractivity contribution in [2.75, 3.05) is 26.4 Å². The number of para-hydroxylation sites is 1. The molecule has 5 nitrogen and oxygen atoms in total. The van der Waals surface area contributed by atoms with Crippen molar-refractivity contribution in [1.29, 1.82) is 0 Å². The molecule has 0 aliphatic rings. The predicted octanol–water partition coefficient (Wildman–Crippen LogP) is 2.02. The van der Waals surface area contributed by atoms with E-state index in [-0.39, 0.29) is 5.78 Å². The fourth-order valence-corrected chi connectivity index (χ4v) is 2.36. The van der Waals surface area contributed by atoms with Gasteiger partial charge in [0.05, 0.1) is 17.2 Å². The number of rotatable bonds is 5. The highest BCUT2D eigenvalue weighted by Gasteiger charge is 2.20. The van der Waals surface area contributed by atoms with Crippen LogP contribution in [0.15, 0.2) is 34.9 Å². The van der Waals surface area contributed by atoms with Gasteiger partial charge in [-0.1, -0.05) is 12.1 Å². The lowest BCUT2D eigenvalue weighted by Gasteiger charge is -2.12. The van der Waals surface area contributed by atoms with E-state index >= 15 is 0 Å². The van der Waals surface area contributed by atoms with Crippen molar-refractivity contribution in [3.63, 3.8) is 0 Å². The number of nitrogen functional groups attached to an aromatic ring is 1. The first-order valence-corrected chi connectivity index (χ1v) is 7.05. The third-order valence-electron chi connectivity index (χ3n) is 2.97. The lowest BCUT2D eigenvalue weighted by Crippen LogP contribution is -2.22. The number of nitrogens with zero attached hydrogens (tertiary/aromatic N) is 3. The summed E-state index contributed by atoms with van der Waals surface area (Å²) in [4.78, 5) is 14.7. The molecule has 1 aromatic carbocycles. The van der Waals surface area contributed by atoms with Crippen molar-refractivity contribution in [3.05, 3.63) is 46.2 Å². The molecule has 1 aromatic heterocycles. The first-order valence-electron chi connectivity index (χ1n) is 6.26. The Bertz CT molecular complexity index is 621. The summed E-state index contributed by atoms with van der Waals surface area (Å²) in [7, 11) is 3.96. The number of anilines is 1. The van der Waals surface area contributed by atoms with Crippen molar-refractivity contribution in [3.8, 4) is 0 Å². The molecule has 0 unspecified atom stereocenters. The fourth-order valence-electron chi connectivity index (χ4n) is 1.88. The standard InChI is InChI=1S/C14H17BrN4O/c1-18(2)7-8-19-13(11(15)9-17-19)14(20)10-5-3-4-6-12(10)16/h3-6,9H,7-8,16H2,1-2H3. The summed E-state index contributed by atoms with van der Waals surface area (Å²) in [5, 5.41) is 4.25. The zero-order valence-electron chi connectivity index (χ0n) is 11.5. The molecule has 0 atom stereocenters. The van der Waals surface area contributed by atoms with Crippen LogP contribution < -0.4 is 5.73 Å². The number of ketones is 1. The smallest absolute Gasteiger partial charge is 0.214 e. The number of aromatic nitrogens is 2. The van der Waals surface area contributed by atoms with Crippen LogP contribution in [0.2, 0.25) is 0 Å². The molecular formula is C14H17BrN4O. The molecule has 20 heavy (non-hydrogen) atoms. The highest BCUT2D eigenvalue weighted by molar-refractivity contribution is 9.10. The molecule has 0 saturated heterocycles. The second-order valence-electron chi connectivity index (χ2n) is 4.78. The van der Waals surface area contributed by atoms with Crippen LogP contribution in [0.25, 0.3) is 0 Å². The maximum atomic E-state index is 12.6. The molecule has 0 saturated carbocycles. The van der Waals surface area contributed by atoms with E-state index in [1.807, 2.05) is 25.1 Å². The van der Waals surface area contributed by atoms with Crippen LogP contribution in [0.3, 0.4) is 0 Å². The minimum Gasteiger partial charge on any atom is -0.398 e. The highest BCUT2D eigenvalue weighted by Crippen LogP contribution is 2.22. The number of hydrogen-bond acceptors (Lipinski definition) is 4. The fraction of sp³-hybridized carbons (Fsp3) is 0.286. The van der Waals surface area contributed by atoms with Gasteiger partial charge in [0.1, 0.15) is 5.69 Å². The van der Waals surface area contributed by atoms with Crippen molar-refractivity contribution in [2.24, 2.45) is 0 Å². The number of benzene rings is 1. The number of carbonyl (C=O) groups is 1. The molecule has 0 aliphatic carbocycles. The third-order valence-corrected chi connectivity index (χ3v) is 3.55. The van der Waals surface area contributed by atoms with E-state index in [4.69, 9.17) is 5.73 Å². The summed E-state index contributed by atoms with van der Waals surface area (Å²) in [5.41, 5.74) is 7.38. The summed E-state index contributed by atoms with van der Waals surface area (Å²) in [6.07, 6.45) is 1.64. The molecule has 0 spiro atoms. The molecular weight excluding hydrogens is 320 g/mol. The second kappa shape index (κ2) is 6.19. The topological polar surface area (TPSA) is 64.2 Å². The van der Waals surface area contributed by atoms with Crippen LogP contribution in [-0.4, -0.2) is 41.1 Å². The molecule has 0 bridgehead atoms. The zero-order chi connectivity index (χ0) is 14.7. The quantitative estimate of drug-likeness (QED) is 0.670. The van der Waals surface area contributed by atoms with Crippen LogP contribution in [-0.2, 0) is 6.54 Å². The maximum absolute atomic E-state index is 12.6. The molecule has 2 N–H and O–H groups in total. The van der Waals surface area contributed by atoms with Gasteiger partial charge >= 0.3 is 0 Å². The average Bonchev–Trinajstić information content (AvgIpc) is 2.77. The van der Waals surface area contributed by atoms with E-state index in [1.54, 1.807) is 29.1 Å². The Labute approximate surface area is 126 Å². The number of carbonyl (C=O) groups excluding carboxylic acids is 1. The normalized spacial score (nSPS) is 11.0. The van der Waals surface area contributed by atoms with Gasteiger partial charge in [0, 0.05) is 17.8 Å². The molecule has 0 aliphatic heterocycles. The Morgan fingerprint density at radius 1 is 1.40 bits per heavy atom. The van der Waals surface area contributed by atoms with E-state index in [0.29, 0.717) is 28.0 Å². The molecule has 6 heteroatoms. The Morgan fingerprint density at radius 3 is 2.75 bits per heavy atom. The van der Waals surface area contributed by atoms with Gasteiger partial charge < -0.3 is 10.6 Å². The van der Waals surface area contributed by atoms with Crippen molar-refractivity contribution in [2.45, 2.75) is 6.54 Å². The first kappa shape index (κ1) is 14.7. The van der Waals surface area contributed by atoms with Gasteiger partial charge in [0.2, 0.25) is 5.78 Å². The second-order valence-corrected chi connectivity index (χ2v) is 5.64. The van der Waals surface area contributed by atoms with Gasteiger partial charge in [-0.25, -0.2) is 0 Å². The van der Waals surface area contributed by atoms with Gasteiger partial charge in [-0.15, -0.1) is 0 Å². The minimum atomic E-state index is -0.119. The van der Waals surface area contributed by atoms with Crippen LogP contribution in [0.1, 0.15) is 16.1 Å². The van der Waals surface area contributed by atoms with Crippen molar-refractivity contribution in [1.82, 2.24) is 14.7 Å². The Kier molecular flexibility index (Phi) is 4.57. The molecule has 1 heterocycles. The van der Waals surface area contributed by atoms with Crippen LogP contribution in [0.4, 0.5) is 5.69 Å². The van der Waals surface area contributed by atoms with Gasteiger partial charge in [-0.2, -0.15) is 5.10 Å². The summed E-state index contributed by atoms with van der Waals surface area (Å²) in [6.45, 7) is 1.45. The van der Waals surface area contributed by atoms with E-state index in [1.165, 1.54) is 0 Å². The average molecular weight is 337 g/mol. The minimum absolute atomic E-state index is 0.119. The lowest BCUT2D eigenvalue weighted by atomic mass is 10.1. The van der Waals surface area contributed by atoms with E-state index in [0.717, 1.165) is 6.54 Å². The lowest BCUT2D eigenvalue weighted by molar-refractivity contribution is 0.102. The van der Waals surface area contributed by atoms with Crippen LogP contribution >= 0.6 is 15.9 Å². The van der Waals surface area contributed by atoms with E-state index in [2.05, 4.69) is 21.0 Å². The largest absolute Gasteiger partial charge is 0.398 e. The van der Waals surface area contributed by atoms with Crippen LogP contribution in [0, 0.1) is 0 Å². The van der Waals surface area contributed by atoms with Gasteiger partial charge in [-0.05, 0) is 42.2 Å². The third kappa shape index (κ3) is 3.08. The molecule has 0 radical (unpaired) electrons. The Balaban J connectivity index is 2.35. The number of nitrogens with two attached hydrogens (primary N) is 1. The number of hydrogen-bond donors (Lipinski definition) is 1. The summed E-state index contributed by atoms with van der Waals surface area (Å²) < 4.78 is 2.39. The van der Waals surface area contributed by atoms with Gasteiger partial charge in [-0.3, -0.25) is 9.48 Å². The molecule has 106 valence electrons. The zero-order valence-corrected chi connectivity index (χ0v) is 13.1. The van der Waals surface area contributed by atoms with Gasteiger partial charge in [0.15, 0.2) is 0 Å². The SMILES string of the molecule is CN(C)CCn1ncc(Br)c1C(=O)c1ccccc1N. The first-order chi connectivity index (χ1) is 9.50. The molecule has 0 fully saturated rings. The predicted molar refractivity (Wildman–Crippen MR) is 82.8 cm³/mol. The van der Waals surface area contributed by atoms with Crippen molar-refractivity contribution < 1.29 is 4.79 Å². The van der Waals surface area contributed by atoms with Gasteiger partial charge in [0.25, 0.3) is 0 Å². The molecule has 0 amide bonds. The van der Waals surface area contributed by atoms with E-state index < -0.39 is 0 Å². The Hall–Kier alpha value is -1.66. The highest BCUT2D eigenvalue weighted by atomic mass is 79.9. The van der Waals surface area contributed by atoms with E-state index in [9.17, 15) is 4.79 Å². The Morgan fingerprint density at radius 2 is 2.10 bits per heavy atom. The summed E-state index contributed by atoms with van der Waals surface area (Å²) >= 11 is 3.39. The summed E-state index contributed by atoms with van der Waals surface area (Å²) in [6, 6.07) is 7.07. The van der Waals surface area contributed by atoms with Crippen molar-refractivity contribution >= 4 is 27.4 Å². The number of likely N-dealkylation sites (N-methyl/N-ethyl adjacent to an activating group) is 1. The summed E-state index contributed by atoms with van der Waals surface area (Å²) in [5.74, 6) is -0.119. The van der Waals surface area contributed by atoms with Crippen LogP contribution in [0.5, 0.6) is 0 Å². The molecule has 2 aromatic rings. The monoisotopic (exact) mass is 336 g/mol.